The number of para-hydroxylation sites is 1. The van der Waals surface area contributed by atoms with Gasteiger partial charge in [-0.3, -0.25) is 9.59 Å². The minimum Gasteiger partial charge on any atom is -0.484 e. The molecule has 3 rings (SSSR count). The number of amides is 2. The van der Waals surface area contributed by atoms with Gasteiger partial charge >= 0.3 is 0 Å². The van der Waals surface area contributed by atoms with E-state index in [1.165, 1.54) is 0 Å². The van der Waals surface area contributed by atoms with Crippen LogP contribution in [0.5, 0.6) is 5.75 Å². The maximum absolute atomic E-state index is 12.1. The highest BCUT2D eigenvalue weighted by Gasteiger charge is 2.07. The quantitative estimate of drug-likeness (QED) is 0.618. The molecule has 1 heterocycles. The first kappa shape index (κ1) is 16.6. The summed E-state index contributed by atoms with van der Waals surface area (Å²) in [5.74, 6) is -0.0682. The van der Waals surface area contributed by atoms with Crippen LogP contribution in [0, 0.1) is 0 Å². The summed E-state index contributed by atoms with van der Waals surface area (Å²) >= 11 is 0. The van der Waals surface area contributed by atoms with E-state index in [0.717, 1.165) is 16.5 Å². The zero-order chi connectivity index (χ0) is 17.6. The molecule has 0 aliphatic carbocycles. The lowest BCUT2D eigenvalue weighted by Crippen LogP contribution is -2.20. The summed E-state index contributed by atoms with van der Waals surface area (Å²) in [6, 6.07) is 14.8. The van der Waals surface area contributed by atoms with E-state index in [-0.39, 0.29) is 12.5 Å². The van der Waals surface area contributed by atoms with Crippen LogP contribution in [0.4, 0.5) is 5.69 Å². The van der Waals surface area contributed by atoms with Crippen LogP contribution in [0.2, 0.25) is 0 Å². The van der Waals surface area contributed by atoms with Gasteiger partial charge in [0.05, 0.1) is 0 Å². The number of H-pyrrole nitrogens is 1. The van der Waals surface area contributed by atoms with Crippen molar-refractivity contribution >= 4 is 28.4 Å². The molecular formula is C19H19N3O3. The third kappa shape index (κ3) is 4.38. The van der Waals surface area contributed by atoms with Crippen molar-refractivity contribution in [3.8, 4) is 5.75 Å². The van der Waals surface area contributed by atoms with Crippen LogP contribution in [-0.2, 0) is 16.0 Å². The Kier molecular flexibility index (Phi) is 4.99. The Hall–Kier alpha value is -3.28. The number of aromatic nitrogens is 1. The fraction of sp³-hybridized carbons (Fsp3) is 0.158. The molecule has 2 aromatic carbocycles. The molecule has 0 radical (unpaired) electrons. The van der Waals surface area contributed by atoms with Crippen LogP contribution in [0.25, 0.3) is 10.9 Å². The number of nitrogens with one attached hydrogen (secondary N) is 2. The zero-order valence-electron chi connectivity index (χ0n) is 13.6. The maximum atomic E-state index is 12.1. The van der Waals surface area contributed by atoms with Gasteiger partial charge in [0.1, 0.15) is 5.75 Å². The summed E-state index contributed by atoms with van der Waals surface area (Å²) in [7, 11) is 0. The molecule has 0 atom stereocenters. The molecule has 0 saturated heterocycles. The predicted octanol–water partition coefficient (Wildman–Crippen LogP) is 2.60. The molecule has 0 saturated carbocycles. The molecule has 6 nitrogen and oxygen atoms in total. The first-order valence-electron chi connectivity index (χ1n) is 7.98. The first-order chi connectivity index (χ1) is 12.1. The van der Waals surface area contributed by atoms with E-state index < -0.39 is 5.91 Å². The second-order valence-electron chi connectivity index (χ2n) is 5.69. The number of hydrogen-bond donors (Lipinski definition) is 3. The summed E-state index contributed by atoms with van der Waals surface area (Å²) in [5, 5.41) is 3.99. The number of nitrogens with two attached hydrogens (primary N) is 1. The Morgan fingerprint density at radius 3 is 2.60 bits per heavy atom. The van der Waals surface area contributed by atoms with Crippen LogP contribution < -0.4 is 15.8 Å². The fourth-order valence-electron chi connectivity index (χ4n) is 2.60. The Morgan fingerprint density at radius 2 is 1.84 bits per heavy atom. The van der Waals surface area contributed by atoms with Gasteiger partial charge in [-0.2, -0.15) is 0 Å². The van der Waals surface area contributed by atoms with Gasteiger partial charge in [-0.15, -0.1) is 0 Å². The van der Waals surface area contributed by atoms with Gasteiger partial charge in [0.2, 0.25) is 5.91 Å². The smallest absolute Gasteiger partial charge is 0.255 e. The summed E-state index contributed by atoms with van der Waals surface area (Å²) in [4.78, 5) is 26.0. The summed E-state index contributed by atoms with van der Waals surface area (Å²) in [5.41, 5.74) is 7.90. The second-order valence-corrected chi connectivity index (χ2v) is 5.69. The van der Waals surface area contributed by atoms with Gasteiger partial charge in [0.15, 0.2) is 6.61 Å². The lowest BCUT2D eigenvalue weighted by atomic mass is 10.1. The lowest BCUT2D eigenvalue weighted by molar-refractivity contribution is -0.120. The highest BCUT2D eigenvalue weighted by Crippen LogP contribution is 2.20. The number of carbonyl (C=O) groups is 2. The zero-order valence-corrected chi connectivity index (χ0v) is 13.6. The van der Waals surface area contributed by atoms with Crippen LogP contribution >= 0.6 is 0 Å². The predicted molar refractivity (Wildman–Crippen MR) is 96.4 cm³/mol. The molecule has 0 spiro atoms. The molecule has 128 valence electrons. The minimum atomic E-state index is -0.533. The van der Waals surface area contributed by atoms with Crippen LogP contribution in [-0.4, -0.2) is 23.4 Å². The Morgan fingerprint density at radius 1 is 1.08 bits per heavy atom. The maximum Gasteiger partial charge on any atom is 0.255 e. The lowest BCUT2D eigenvalue weighted by Gasteiger charge is -2.07. The fourth-order valence-corrected chi connectivity index (χ4v) is 2.60. The van der Waals surface area contributed by atoms with E-state index in [1.54, 1.807) is 24.3 Å². The number of carbonyl (C=O) groups excluding carboxylic acids is 2. The second kappa shape index (κ2) is 7.53. The Bertz CT molecular complexity index is 884. The number of primary amides is 1. The normalized spacial score (nSPS) is 10.6. The van der Waals surface area contributed by atoms with Crippen molar-refractivity contribution in [2.45, 2.75) is 12.8 Å². The van der Waals surface area contributed by atoms with Gasteiger partial charge < -0.3 is 20.8 Å². The van der Waals surface area contributed by atoms with Gasteiger partial charge in [-0.1, -0.05) is 18.2 Å². The Labute approximate surface area is 145 Å². The topological polar surface area (TPSA) is 97.2 Å². The summed E-state index contributed by atoms with van der Waals surface area (Å²) in [6.45, 7) is -0.170. The van der Waals surface area contributed by atoms with Crippen LogP contribution in [0.1, 0.15) is 12.0 Å². The van der Waals surface area contributed by atoms with Gasteiger partial charge in [0.25, 0.3) is 5.91 Å². The standard InChI is InChI=1S/C19H19N3O3/c20-18(23)12-25-15-8-6-14(7-9-15)22-19(24)10-5-13-11-21-17-4-2-1-3-16(13)17/h1-4,6-9,11,21H,5,10,12H2,(H2,20,23)(H,22,24). The number of benzene rings is 2. The van der Waals surface area contributed by atoms with Crippen molar-refractivity contribution in [2.24, 2.45) is 5.73 Å². The van der Waals surface area contributed by atoms with E-state index in [0.29, 0.717) is 24.3 Å². The molecule has 6 heteroatoms. The van der Waals surface area contributed by atoms with E-state index in [2.05, 4.69) is 10.3 Å². The SMILES string of the molecule is NC(=O)COc1ccc(NC(=O)CCc2c[nH]c3ccccc23)cc1. The van der Waals surface area contributed by atoms with Gasteiger partial charge in [-0.05, 0) is 42.3 Å². The van der Waals surface area contributed by atoms with Crippen molar-refractivity contribution in [1.29, 1.82) is 0 Å². The van der Waals surface area contributed by atoms with E-state index in [4.69, 9.17) is 10.5 Å². The minimum absolute atomic E-state index is 0.0592. The van der Waals surface area contributed by atoms with Crippen LogP contribution in [0.3, 0.4) is 0 Å². The first-order valence-corrected chi connectivity index (χ1v) is 7.98. The number of rotatable bonds is 7. The van der Waals surface area contributed by atoms with Gasteiger partial charge in [0, 0.05) is 29.2 Å². The molecule has 25 heavy (non-hydrogen) atoms. The largest absolute Gasteiger partial charge is 0.484 e. The van der Waals surface area contributed by atoms with Crippen molar-refractivity contribution in [2.75, 3.05) is 11.9 Å². The molecule has 0 unspecified atom stereocenters. The number of fused-ring (bicyclic) bond motifs is 1. The number of aryl methyl sites for hydroxylation is 1. The van der Waals surface area contributed by atoms with E-state index in [1.807, 2.05) is 30.5 Å². The van der Waals surface area contributed by atoms with E-state index in [9.17, 15) is 9.59 Å². The molecule has 0 fully saturated rings. The molecule has 0 aliphatic rings. The number of anilines is 1. The highest BCUT2D eigenvalue weighted by molar-refractivity contribution is 5.91. The van der Waals surface area contributed by atoms with Crippen molar-refractivity contribution < 1.29 is 14.3 Å². The highest BCUT2D eigenvalue weighted by atomic mass is 16.5. The monoisotopic (exact) mass is 337 g/mol. The molecule has 3 aromatic rings. The average molecular weight is 337 g/mol. The number of aromatic amines is 1. The van der Waals surface area contributed by atoms with Crippen molar-refractivity contribution in [3.05, 3.63) is 60.3 Å². The number of hydrogen-bond acceptors (Lipinski definition) is 3. The van der Waals surface area contributed by atoms with E-state index >= 15 is 0 Å². The average Bonchev–Trinajstić information content (AvgIpc) is 3.02. The molecule has 4 N–H and O–H groups in total. The summed E-state index contributed by atoms with van der Waals surface area (Å²) < 4.78 is 5.17. The number of ether oxygens (including phenoxy) is 1. The Balaban J connectivity index is 1.53. The molecule has 2 amide bonds. The molecule has 0 aliphatic heterocycles. The van der Waals surface area contributed by atoms with Gasteiger partial charge in [-0.25, -0.2) is 0 Å². The molecule has 0 bridgehead atoms. The summed E-state index contributed by atoms with van der Waals surface area (Å²) in [6.07, 6.45) is 3.00. The molecule has 1 aromatic heterocycles. The third-order valence-electron chi connectivity index (χ3n) is 3.82. The van der Waals surface area contributed by atoms with Crippen LogP contribution in [0.15, 0.2) is 54.7 Å². The van der Waals surface area contributed by atoms with Crippen molar-refractivity contribution in [1.82, 2.24) is 4.98 Å². The van der Waals surface area contributed by atoms with Crippen molar-refractivity contribution in [3.63, 3.8) is 0 Å². The molecular weight excluding hydrogens is 318 g/mol. The third-order valence-corrected chi connectivity index (χ3v) is 3.82.